The molecule has 4 heterocycles. The predicted octanol–water partition coefficient (Wildman–Crippen LogP) is 2.96. The highest BCUT2D eigenvalue weighted by molar-refractivity contribution is 5.92. The molecule has 3 aromatic heterocycles. The first-order valence-electron chi connectivity index (χ1n) is 11.8. The molecule has 10 nitrogen and oxygen atoms in total. The second-order valence-corrected chi connectivity index (χ2v) is 8.69. The van der Waals surface area contributed by atoms with Crippen molar-refractivity contribution in [2.75, 3.05) is 25.6 Å². The Morgan fingerprint density at radius 2 is 2.17 bits per heavy atom. The van der Waals surface area contributed by atoms with E-state index in [1.807, 2.05) is 12.3 Å². The minimum Gasteiger partial charge on any atom is -0.488 e. The Bertz CT molecular complexity index is 1300. The van der Waals surface area contributed by atoms with E-state index in [1.165, 1.54) is 5.57 Å². The van der Waals surface area contributed by atoms with Crippen molar-refractivity contribution in [3.8, 4) is 11.8 Å². The lowest BCUT2D eigenvalue weighted by atomic mass is 9.93. The van der Waals surface area contributed by atoms with E-state index in [-0.39, 0.29) is 18.1 Å². The van der Waals surface area contributed by atoms with Crippen molar-refractivity contribution in [3.63, 3.8) is 0 Å². The summed E-state index contributed by atoms with van der Waals surface area (Å²) < 4.78 is 13.7. The van der Waals surface area contributed by atoms with Crippen LogP contribution in [0.2, 0.25) is 0 Å². The quantitative estimate of drug-likeness (QED) is 0.560. The molecule has 5 rings (SSSR count). The van der Waals surface area contributed by atoms with Gasteiger partial charge in [-0.3, -0.25) is 4.79 Å². The van der Waals surface area contributed by atoms with Crippen molar-refractivity contribution in [1.82, 2.24) is 24.9 Å². The van der Waals surface area contributed by atoms with Gasteiger partial charge in [-0.15, -0.1) is 0 Å². The fourth-order valence-electron chi connectivity index (χ4n) is 4.59. The zero-order valence-electron chi connectivity index (χ0n) is 19.5. The van der Waals surface area contributed by atoms with Crippen LogP contribution in [0.3, 0.4) is 0 Å². The van der Waals surface area contributed by atoms with E-state index >= 15 is 0 Å². The summed E-state index contributed by atoms with van der Waals surface area (Å²) in [5.41, 5.74) is 3.76. The molecule has 1 saturated carbocycles. The summed E-state index contributed by atoms with van der Waals surface area (Å²) in [5.74, 6) is 0.892. The van der Waals surface area contributed by atoms with E-state index in [2.05, 4.69) is 37.8 Å². The normalized spacial score (nSPS) is 20.1. The molecule has 2 aliphatic rings. The van der Waals surface area contributed by atoms with Crippen molar-refractivity contribution in [2.45, 2.75) is 44.2 Å². The van der Waals surface area contributed by atoms with E-state index in [0.717, 1.165) is 37.7 Å². The zero-order chi connectivity index (χ0) is 24.2. The fourth-order valence-corrected chi connectivity index (χ4v) is 4.59. The lowest BCUT2D eigenvalue weighted by molar-refractivity contribution is 0.0958. The van der Waals surface area contributed by atoms with Gasteiger partial charge in [0.1, 0.15) is 28.6 Å². The molecule has 2 N–H and O–H groups in total. The standard InChI is InChI=1S/C25H27N7O3/c1-27-24(33)21-6-9-28-25(31-21)30-19-2-4-20(5-3-19)35-22-12-17(16-7-10-34-11-8-16)15-32-23(22)18(13-26)14-29-32/h6-7,9,12,14-15,19-20H,2-5,8,10-11H2,1H3,(H,27,33)(H,28,30,31). The summed E-state index contributed by atoms with van der Waals surface area (Å²) in [6, 6.07) is 6.03. The first kappa shape index (κ1) is 22.8. The van der Waals surface area contributed by atoms with E-state index < -0.39 is 0 Å². The molecule has 35 heavy (non-hydrogen) atoms. The molecule has 3 aromatic rings. The van der Waals surface area contributed by atoms with Gasteiger partial charge in [0, 0.05) is 25.5 Å². The first-order chi connectivity index (χ1) is 17.1. The number of amides is 1. The zero-order valence-corrected chi connectivity index (χ0v) is 19.5. The molecule has 0 atom stereocenters. The molecule has 180 valence electrons. The lowest BCUT2D eigenvalue weighted by Crippen LogP contribution is -2.32. The maximum atomic E-state index is 11.8. The molecule has 0 saturated heterocycles. The summed E-state index contributed by atoms with van der Waals surface area (Å²) >= 11 is 0. The van der Waals surface area contributed by atoms with Crippen molar-refractivity contribution in [3.05, 3.63) is 53.6 Å². The number of ether oxygens (including phenoxy) is 2. The smallest absolute Gasteiger partial charge is 0.269 e. The first-order valence-corrected chi connectivity index (χ1v) is 11.8. The molecule has 1 aliphatic carbocycles. The summed E-state index contributed by atoms with van der Waals surface area (Å²) in [6.45, 7) is 1.29. The molecular formula is C25H27N7O3. The van der Waals surface area contributed by atoms with Gasteiger partial charge in [0.15, 0.2) is 0 Å². The van der Waals surface area contributed by atoms with E-state index in [4.69, 9.17) is 9.47 Å². The summed E-state index contributed by atoms with van der Waals surface area (Å²) in [4.78, 5) is 20.4. The van der Waals surface area contributed by atoms with Crippen molar-refractivity contribution < 1.29 is 14.3 Å². The van der Waals surface area contributed by atoms with Gasteiger partial charge in [0.2, 0.25) is 5.95 Å². The van der Waals surface area contributed by atoms with Crippen LogP contribution in [-0.4, -0.2) is 57.9 Å². The molecular weight excluding hydrogens is 446 g/mol. The van der Waals surface area contributed by atoms with Gasteiger partial charge >= 0.3 is 0 Å². The second-order valence-electron chi connectivity index (χ2n) is 8.69. The highest BCUT2D eigenvalue weighted by Gasteiger charge is 2.25. The highest BCUT2D eigenvalue weighted by atomic mass is 16.5. The second kappa shape index (κ2) is 10.1. The van der Waals surface area contributed by atoms with Crippen molar-refractivity contribution in [1.29, 1.82) is 5.26 Å². The summed E-state index contributed by atoms with van der Waals surface area (Å²) in [6.07, 6.45) is 11.5. The van der Waals surface area contributed by atoms with Gasteiger partial charge in [-0.05, 0) is 55.4 Å². The number of anilines is 1. The van der Waals surface area contributed by atoms with Gasteiger partial charge in [-0.25, -0.2) is 14.5 Å². The molecule has 0 bridgehead atoms. The number of nitrogens with one attached hydrogen (secondary N) is 2. The van der Waals surface area contributed by atoms with E-state index in [0.29, 0.717) is 41.7 Å². The molecule has 1 aliphatic heterocycles. The van der Waals surface area contributed by atoms with Crippen LogP contribution >= 0.6 is 0 Å². The number of nitriles is 1. The maximum absolute atomic E-state index is 11.8. The van der Waals surface area contributed by atoms with Crippen LogP contribution in [0, 0.1) is 11.3 Å². The Balaban J connectivity index is 1.29. The molecule has 0 spiro atoms. The fraction of sp³-hybridized carbons (Fsp3) is 0.400. The third kappa shape index (κ3) is 4.95. The number of carbonyl (C=O) groups is 1. The topological polar surface area (TPSA) is 126 Å². The van der Waals surface area contributed by atoms with Gasteiger partial charge in [-0.2, -0.15) is 10.4 Å². The van der Waals surface area contributed by atoms with Crippen LogP contribution in [0.1, 0.15) is 53.7 Å². The Morgan fingerprint density at radius 1 is 1.31 bits per heavy atom. The molecule has 0 aromatic carbocycles. The summed E-state index contributed by atoms with van der Waals surface area (Å²) in [7, 11) is 1.58. The van der Waals surface area contributed by atoms with Crippen molar-refractivity contribution in [2.24, 2.45) is 0 Å². The monoisotopic (exact) mass is 473 g/mol. The number of rotatable bonds is 6. The van der Waals surface area contributed by atoms with Gasteiger partial charge < -0.3 is 20.1 Å². The number of carbonyl (C=O) groups excluding carboxylic acids is 1. The van der Waals surface area contributed by atoms with E-state index in [1.54, 1.807) is 30.0 Å². The molecule has 1 fully saturated rings. The van der Waals surface area contributed by atoms with Crippen LogP contribution in [0.5, 0.6) is 5.75 Å². The Morgan fingerprint density at radius 3 is 2.91 bits per heavy atom. The van der Waals surface area contributed by atoms with Gasteiger partial charge in [0.25, 0.3) is 5.91 Å². The number of hydrogen-bond acceptors (Lipinski definition) is 8. The van der Waals surface area contributed by atoms with Crippen LogP contribution < -0.4 is 15.4 Å². The Kier molecular flexibility index (Phi) is 6.59. The third-order valence-electron chi connectivity index (χ3n) is 6.45. The summed E-state index contributed by atoms with van der Waals surface area (Å²) in [5, 5.41) is 19.9. The van der Waals surface area contributed by atoms with Crippen molar-refractivity contribution >= 4 is 22.9 Å². The van der Waals surface area contributed by atoms with Crippen LogP contribution in [0.15, 0.2) is 36.8 Å². The molecule has 10 heteroatoms. The maximum Gasteiger partial charge on any atom is 0.269 e. The Hall–Kier alpha value is -3.97. The molecule has 0 radical (unpaired) electrons. The predicted molar refractivity (Wildman–Crippen MR) is 129 cm³/mol. The van der Waals surface area contributed by atoms with Gasteiger partial charge in [-0.1, -0.05) is 6.08 Å². The largest absolute Gasteiger partial charge is 0.488 e. The Labute approximate surface area is 203 Å². The van der Waals surface area contributed by atoms with Crippen LogP contribution in [0.25, 0.3) is 11.1 Å². The SMILES string of the molecule is CNC(=O)c1ccnc(NC2CCC(Oc3cc(C4=CCOCC4)cn4ncc(C#N)c34)CC2)n1. The average Bonchev–Trinajstić information content (AvgIpc) is 3.33. The number of fused-ring (bicyclic) bond motifs is 1. The average molecular weight is 474 g/mol. The van der Waals surface area contributed by atoms with Crippen LogP contribution in [0.4, 0.5) is 5.95 Å². The minimum absolute atomic E-state index is 0.0235. The molecule has 1 amide bonds. The highest BCUT2D eigenvalue weighted by Crippen LogP contribution is 2.33. The molecule has 0 unspecified atom stereocenters. The number of pyridine rings is 1. The third-order valence-corrected chi connectivity index (χ3v) is 6.45. The lowest BCUT2D eigenvalue weighted by Gasteiger charge is -2.30. The number of hydrogen-bond donors (Lipinski definition) is 2. The van der Waals surface area contributed by atoms with Crippen LogP contribution in [-0.2, 0) is 4.74 Å². The number of aromatic nitrogens is 4. The van der Waals surface area contributed by atoms with Gasteiger partial charge in [0.05, 0.1) is 25.5 Å². The van der Waals surface area contributed by atoms with E-state index in [9.17, 15) is 10.1 Å². The number of nitrogens with zero attached hydrogens (tertiary/aromatic N) is 5. The minimum atomic E-state index is -0.241.